The quantitative estimate of drug-likeness (QED) is 0.701. The summed E-state index contributed by atoms with van der Waals surface area (Å²) in [6.45, 7) is 6.94. The minimum absolute atomic E-state index is 0.122. The van der Waals surface area contributed by atoms with Gasteiger partial charge >= 0.3 is 0 Å². The average molecular weight is 336 g/mol. The molecule has 0 unspecified atom stereocenters. The van der Waals surface area contributed by atoms with E-state index in [0.717, 1.165) is 11.1 Å². The molecule has 0 fully saturated rings. The molecule has 1 aromatic heterocycles. The third-order valence-corrected chi connectivity index (χ3v) is 3.56. The van der Waals surface area contributed by atoms with Crippen molar-refractivity contribution < 1.29 is 4.74 Å². The smallest absolute Gasteiger partial charge is 0.257 e. The Bertz CT molecular complexity index is 825. The van der Waals surface area contributed by atoms with Crippen molar-refractivity contribution in [2.45, 2.75) is 33.9 Å². The van der Waals surface area contributed by atoms with Gasteiger partial charge in [0.25, 0.3) is 5.56 Å². The normalized spacial score (nSPS) is 9.88. The zero-order chi connectivity index (χ0) is 18.1. The summed E-state index contributed by atoms with van der Waals surface area (Å²) in [6, 6.07) is 19.3. The lowest BCUT2D eigenvalue weighted by molar-refractivity contribution is 0.291. The van der Waals surface area contributed by atoms with Crippen LogP contribution in [0.4, 0.5) is 0 Å². The van der Waals surface area contributed by atoms with Gasteiger partial charge in [0, 0.05) is 0 Å². The number of aromatic nitrogens is 2. The van der Waals surface area contributed by atoms with Crippen LogP contribution in [0.15, 0.2) is 71.8 Å². The van der Waals surface area contributed by atoms with Crippen LogP contribution in [0.25, 0.3) is 0 Å². The molecule has 3 aromatic rings. The second-order valence-corrected chi connectivity index (χ2v) is 5.45. The van der Waals surface area contributed by atoms with Gasteiger partial charge in [-0.05, 0) is 18.1 Å². The monoisotopic (exact) mass is 336 g/mol. The largest absolute Gasteiger partial charge is 0.473 e. The molecule has 0 saturated carbocycles. The highest BCUT2D eigenvalue weighted by Gasteiger charge is 2.03. The van der Waals surface area contributed by atoms with Gasteiger partial charge in [0.2, 0.25) is 5.88 Å². The molecule has 130 valence electrons. The molecule has 4 heteroatoms. The Morgan fingerprint density at radius 2 is 1.64 bits per heavy atom. The van der Waals surface area contributed by atoms with Crippen molar-refractivity contribution in [2.24, 2.45) is 0 Å². The molecule has 4 nitrogen and oxygen atoms in total. The molecule has 0 saturated heterocycles. The summed E-state index contributed by atoms with van der Waals surface area (Å²) in [4.78, 5) is 16.4. The molecule has 3 rings (SSSR count). The Kier molecular flexibility index (Phi) is 6.96. The van der Waals surface area contributed by atoms with Crippen molar-refractivity contribution in [1.82, 2.24) is 9.55 Å². The van der Waals surface area contributed by atoms with E-state index in [1.165, 1.54) is 18.0 Å². The molecule has 0 aliphatic heterocycles. The molecule has 0 aliphatic rings. The van der Waals surface area contributed by atoms with Crippen LogP contribution >= 0.6 is 0 Å². The van der Waals surface area contributed by atoms with E-state index >= 15 is 0 Å². The van der Waals surface area contributed by atoms with Gasteiger partial charge in [-0.2, -0.15) is 0 Å². The third-order valence-electron chi connectivity index (χ3n) is 3.56. The van der Waals surface area contributed by atoms with Gasteiger partial charge in [0.1, 0.15) is 12.9 Å². The number of benzene rings is 2. The van der Waals surface area contributed by atoms with Crippen molar-refractivity contribution in [3.05, 3.63) is 94.0 Å². The van der Waals surface area contributed by atoms with Crippen LogP contribution in [0.1, 0.15) is 30.5 Å². The summed E-state index contributed by atoms with van der Waals surface area (Å²) >= 11 is 0. The Morgan fingerprint density at radius 3 is 2.28 bits per heavy atom. The van der Waals surface area contributed by atoms with Crippen LogP contribution in [0, 0.1) is 6.92 Å². The highest BCUT2D eigenvalue weighted by molar-refractivity contribution is 5.22. The van der Waals surface area contributed by atoms with E-state index in [2.05, 4.69) is 4.98 Å². The lowest BCUT2D eigenvalue weighted by atomic mass is 10.1. The van der Waals surface area contributed by atoms with Gasteiger partial charge in [0.05, 0.1) is 12.6 Å². The van der Waals surface area contributed by atoms with Crippen LogP contribution in [-0.2, 0) is 13.2 Å². The van der Waals surface area contributed by atoms with Crippen LogP contribution in [0.5, 0.6) is 5.88 Å². The van der Waals surface area contributed by atoms with Crippen LogP contribution in [0.2, 0.25) is 0 Å². The first-order valence-electron chi connectivity index (χ1n) is 8.49. The third kappa shape index (κ3) is 5.60. The molecule has 0 bridgehead atoms. The summed E-state index contributed by atoms with van der Waals surface area (Å²) in [5.41, 5.74) is 3.18. The van der Waals surface area contributed by atoms with E-state index in [0.29, 0.717) is 19.0 Å². The Morgan fingerprint density at radius 1 is 0.960 bits per heavy atom. The number of hydrogen-bond donors (Lipinski definition) is 0. The van der Waals surface area contributed by atoms with Crippen molar-refractivity contribution in [3.63, 3.8) is 0 Å². The molecule has 2 aromatic carbocycles. The molecule has 1 heterocycles. The number of aryl methyl sites for hydroxylation is 1. The van der Waals surface area contributed by atoms with Gasteiger partial charge in [-0.3, -0.25) is 9.36 Å². The van der Waals surface area contributed by atoms with Gasteiger partial charge in [-0.25, -0.2) is 4.98 Å². The van der Waals surface area contributed by atoms with Crippen molar-refractivity contribution in [2.75, 3.05) is 0 Å². The van der Waals surface area contributed by atoms with Gasteiger partial charge < -0.3 is 4.74 Å². The molecule has 0 N–H and O–H groups in total. The van der Waals surface area contributed by atoms with Crippen molar-refractivity contribution >= 4 is 0 Å². The van der Waals surface area contributed by atoms with E-state index in [1.54, 1.807) is 4.57 Å². The lowest BCUT2D eigenvalue weighted by Crippen LogP contribution is -2.20. The van der Waals surface area contributed by atoms with E-state index in [4.69, 9.17) is 4.74 Å². The van der Waals surface area contributed by atoms with Crippen LogP contribution in [0.3, 0.4) is 0 Å². The standard InChI is InChI=1S/C19H18N2O2.C2H6/c1-15-7-9-16(10-8-15)12-21-14-20-18(11-19(21)22)23-13-17-5-3-2-4-6-17;1-2/h2-11,14H,12-13H2,1H3;1-2H3. The maximum Gasteiger partial charge on any atom is 0.257 e. The summed E-state index contributed by atoms with van der Waals surface area (Å²) in [5.74, 6) is 0.346. The fourth-order valence-corrected chi connectivity index (χ4v) is 2.23. The SMILES string of the molecule is CC.Cc1ccc(Cn2cnc(OCc3ccccc3)cc2=O)cc1. The Balaban J connectivity index is 0.00000109. The highest BCUT2D eigenvalue weighted by Crippen LogP contribution is 2.08. The lowest BCUT2D eigenvalue weighted by Gasteiger charge is -2.08. The summed E-state index contributed by atoms with van der Waals surface area (Å²) in [7, 11) is 0. The first kappa shape index (κ1) is 18.5. The summed E-state index contributed by atoms with van der Waals surface area (Å²) < 4.78 is 7.14. The molecule has 0 radical (unpaired) electrons. The molecular weight excluding hydrogens is 312 g/mol. The minimum atomic E-state index is -0.122. The first-order chi connectivity index (χ1) is 12.2. The van der Waals surface area contributed by atoms with Gasteiger partial charge in [-0.15, -0.1) is 0 Å². The van der Waals surface area contributed by atoms with E-state index in [-0.39, 0.29) is 5.56 Å². The van der Waals surface area contributed by atoms with E-state index in [1.807, 2.05) is 75.4 Å². The fourth-order valence-electron chi connectivity index (χ4n) is 2.23. The molecule has 0 amide bonds. The number of hydrogen-bond acceptors (Lipinski definition) is 3. The van der Waals surface area contributed by atoms with Crippen LogP contribution < -0.4 is 10.3 Å². The minimum Gasteiger partial charge on any atom is -0.473 e. The van der Waals surface area contributed by atoms with Crippen LogP contribution in [-0.4, -0.2) is 9.55 Å². The molecule has 0 aliphatic carbocycles. The Labute approximate surface area is 148 Å². The fraction of sp³-hybridized carbons (Fsp3) is 0.238. The number of nitrogens with zero attached hydrogens (tertiary/aromatic N) is 2. The van der Waals surface area contributed by atoms with E-state index in [9.17, 15) is 4.79 Å². The average Bonchev–Trinajstić information content (AvgIpc) is 2.66. The van der Waals surface area contributed by atoms with Gasteiger partial charge in [0.15, 0.2) is 0 Å². The second kappa shape index (κ2) is 9.42. The summed E-state index contributed by atoms with van der Waals surface area (Å²) in [5, 5.41) is 0. The molecular formula is C21H24N2O2. The predicted molar refractivity (Wildman–Crippen MR) is 101 cm³/mol. The topological polar surface area (TPSA) is 44.1 Å². The predicted octanol–water partition coefficient (Wildman–Crippen LogP) is 4.21. The number of rotatable bonds is 5. The maximum atomic E-state index is 12.2. The second-order valence-electron chi connectivity index (χ2n) is 5.45. The first-order valence-corrected chi connectivity index (χ1v) is 8.49. The highest BCUT2D eigenvalue weighted by atomic mass is 16.5. The zero-order valence-electron chi connectivity index (χ0n) is 15.0. The van der Waals surface area contributed by atoms with Crippen molar-refractivity contribution in [1.29, 1.82) is 0 Å². The van der Waals surface area contributed by atoms with Gasteiger partial charge in [-0.1, -0.05) is 74.0 Å². The zero-order valence-corrected chi connectivity index (χ0v) is 15.0. The summed E-state index contributed by atoms with van der Waals surface area (Å²) in [6.07, 6.45) is 1.53. The number of ether oxygens (including phenoxy) is 1. The molecule has 0 atom stereocenters. The maximum absolute atomic E-state index is 12.2. The molecule has 0 spiro atoms. The Hall–Kier alpha value is -2.88. The van der Waals surface area contributed by atoms with E-state index < -0.39 is 0 Å². The molecule has 25 heavy (non-hydrogen) atoms. The van der Waals surface area contributed by atoms with Crippen molar-refractivity contribution in [3.8, 4) is 5.88 Å².